The van der Waals surface area contributed by atoms with Crippen LogP contribution >= 0.6 is 11.6 Å². The molecule has 156 valence electrons. The number of hydrogen-bond donors (Lipinski definition) is 1. The standard InChI is InChI=1S/C27H19ClN2O2/c28-22-10-12-26-24(16-22)30-27(32-26)20-7-4-8-23(15-20)29-17-21-14-19(9-11-25(21)31)13-18-5-2-1-3-6-18/h1-12,14-17,31H,13H2. The van der Waals surface area contributed by atoms with Gasteiger partial charge in [-0.2, -0.15) is 0 Å². The van der Waals surface area contributed by atoms with Crippen molar-refractivity contribution in [1.29, 1.82) is 0 Å². The number of benzene rings is 4. The van der Waals surface area contributed by atoms with Gasteiger partial charge in [0.05, 0.1) is 5.69 Å². The first kappa shape index (κ1) is 20.0. The largest absolute Gasteiger partial charge is 0.507 e. The summed E-state index contributed by atoms with van der Waals surface area (Å²) in [7, 11) is 0. The maximum absolute atomic E-state index is 10.3. The van der Waals surface area contributed by atoms with Gasteiger partial charge in [0, 0.05) is 22.4 Å². The van der Waals surface area contributed by atoms with E-state index in [2.05, 4.69) is 22.1 Å². The Bertz CT molecular complexity index is 1420. The number of phenols is 1. The predicted octanol–water partition coefficient (Wildman–Crippen LogP) is 7.20. The molecule has 1 N–H and O–H groups in total. The minimum atomic E-state index is 0.192. The number of aromatic hydroxyl groups is 1. The van der Waals surface area contributed by atoms with Gasteiger partial charge < -0.3 is 9.52 Å². The molecule has 4 nitrogen and oxygen atoms in total. The van der Waals surface area contributed by atoms with Gasteiger partial charge in [-0.25, -0.2) is 4.98 Å². The molecule has 0 radical (unpaired) electrons. The lowest BCUT2D eigenvalue weighted by Crippen LogP contribution is -1.91. The van der Waals surface area contributed by atoms with Crippen molar-refractivity contribution in [2.24, 2.45) is 4.99 Å². The second kappa shape index (κ2) is 8.69. The molecule has 0 bridgehead atoms. The van der Waals surface area contributed by atoms with Gasteiger partial charge >= 0.3 is 0 Å². The monoisotopic (exact) mass is 438 g/mol. The predicted molar refractivity (Wildman–Crippen MR) is 129 cm³/mol. The summed E-state index contributed by atoms with van der Waals surface area (Å²) in [6, 6.07) is 28.8. The average Bonchev–Trinajstić information content (AvgIpc) is 3.24. The third kappa shape index (κ3) is 4.41. The van der Waals surface area contributed by atoms with E-state index in [4.69, 9.17) is 16.0 Å². The van der Waals surface area contributed by atoms with E-state index in [1.165, 1.54) is 5.56 Å². The normalized spacial score (nSPS) is 11.4. The second-order valence-corrected chi connectivity index (χ2v) is 7.93. The van der Waals surface area contributed by atoms with E-state index in [0.29, 0.717) is 27.6 Å². The van der Waals surface area contributed by atoms with Crippen molar-refractivity contribution in [3.05, 3.63) is 113 Å². The summed E-state index contributed by atoms with van der Waals surface area (Å²) in [5.41, 5.74) is 5.92. The molecule has 0 saturated carbocycles. The van der Waals surface area contributed by atoms with E-state index < -0.39 is 0 Å². The van der Waals surface area contributed by atoms with Crippen molar-refractivity contribution in [3.63, 3.8) is 0 Å². The summed E-state index contributed by atoms with van der Waals surface area (Å²) >= 11 is 6.05. The molecule has 1 aromatic heterocycles. The van der Waals surface area contributed by atoms with Crippen LogP contribution in [0, 0.1) is 0 Å². The highest BCUT2D eigenvalue weighted by Gasteiger charge is 2.09. The number of fused-ring (bicyclic) bond motifs is 1. The molecule has 0 atom stereocenters. The second-order valence-electron chi connectivity index (χ2n) is 7.50. The van der Waals surface area contributed by atoms with Crippen molar-refractivity contribution in [1.82, 2.24) is 4.98 Å². The Hall–Kier alpha value is -3.89. The maximum Gasteiger partial charge on any atom is 0.227 e. The van der Waals surface area contributed by atoms with Crippen molar-refractivity contribution >= 4 is 34.6 Å². The number of rotatable bonds is 5. The van der Waals surface area contributed by atoms with Gasteiger partial charge in [0.1, 0.15) is 11.3 Å². The first-order valence-electron chi connectivity index (χ1n) is 10.2. The number of nitrogens with zero attached hydrogens (tertiary/aromatic N) is 2. The van der Waals surface area contributed by atoms with Crippen LogP contribution in [0.15, 0.2) is 100 Å². The van der Waals surface area contributed by atoms with E-state index in [1.54, 1.807) is 30.5 Å². The highest BCUT2D eigenvalue weighted by Crippen LogP contribution is 2.28. The first-order valence-corrected chi connectivity index (χ1v) is 10.6. The smallest absolute Gasteiger partial charge is 0.227 e. The molecule has 0 aliphatic carbocycles. The van der Waals surface area contributed by atoms with Crippen LogP contribution in [0.1, 0.15) is 16.7 Å². The summed E-state index contributed by atoms with van der Waals surface area (Å²) in [6.07, 6.45) is 2.47. The fourth-order valence-corrected chi connectivity index (χ4v) is 3.70. The number of aromatic nitrogens is 1. The zero-order valence-corrected chi connectivity index (χ0v) is 17.8. The quantitative estimate of drug-likeness (QED) is 0.295. The van der Waals surface area contributed by atoms with Gasteiger partial charge in [-0.05, 0) is 66.1 Å². The molecule has 0 spiro atoms. The van der Waals surface area contributed by atoms with Gasteiger partial charge in [0.15, 0.2) is 5.58 Å². The van der Waals surface area contributed by atoms with E-state index in [0.717, 1.165) is 23.2 Å². The summed E-state index contributed by atoms with van der Waals surface area (Å²) in [5.74, 6) is 0.699. The molecule has 1 heterocycles. The minimum absolute atomic E-state index is 0.192. The van der Waals surface area contributed by atoms with Crippen molar-refractivity contribution in [2.75, 3.05) is 0 Å². The molecule has 0 amide bonds. The zero-order chi connectivity index (χ0) is 21.9. The Kier molecular flexibility index (Phi) is 5.44. The van der Waals surface area contributed by atoms with Crippen LogP contribution in [0.3, 0.4) is 0 Å². The van der Waals surface area contributed by atoms with Crippen LogP contribution in [-0.4, -0.2) is 16.3 Å². The molecule has 4 aromatic carbocycles. The van der Waals surface area contributed by atoms with E-state index in [1.807, 2.05) is 54.6 Å². The number of halogens is 1. The van der Waals surface area contributed by atoms with Gasteiger partial charge in [0.2, 0.25) is 5.89 Å². The van der Waals surface area contributed by atoms with Crippen LogP contribution in [0.25, 0.3) is 22.6 Å². The molecule has 5 aromatic rings. The molecule has 0 aliphatic rings. The Morgan fingerprint density at radius 2 is 1.75 bits per heavy atom. The molecular weight excluding hydrogens is 420 g/mol. The van der Waals surface area contributed by atoms with Crippen LogP contribution < -0.4 is 0 Å². The summed E-state index contributed by atoms with van der Waals surface area (Å²) in [4.78, 5) is 9.09. The van der Waals surface area contributed by atoms with Crippen LogP contribution in [0.5, 0.6) is 5.75 Å². The lowest BCUT2D eigenvalue weighted by molar-refractivity contribution is 0.474. The minimum Gasteiger partial charge on any atom is -0.507 e. The van der Waals surface area contributed by atoms with Crippen LogP contribution in [-0.2, 0) is 6.42 Å². The number of phenolic OH excluding ortho intramolecular Hbond substituents is 1. The number of hydrogen-bond acceptors (Lipinski definition) is 4. The molecule has 32 heavy (non-hydrogen) atoms. The van der Waals surface area contributed by atoms with Gasteiger partial charge in [-0.1, -0.05) is 54.1 Å². The molecule has 5 rings (SSSR count). The van der Waals surface area contributed by atoms with E-state index in [-0.39, 0.29) is 5.75 Å². The fraction of sp³-hybridized carbons (Fsp3) is 0.0370. The molecular formula is C27H19ClN2O2. The summed E-state index contributed by atoms with van der Waals surface area (Å²) in [6.45, 7) is 0. The average molecular weight is 439 g/mol. The van der Waals surface area contributed by atoms with Crippen molar-refractivity contribution in [2.45, 2.75) is 6.42 Å². The van der Waals surface area contributed by atoms with Crippen LogP contribution in [0.2, 0.25) is 5.02 Å². The third-order valence-electron chi connectivity index (χ3n) is 5.14. The van der Waals surface area contributed by atoms with E-state index >= 15 is 0 Å². The topological polar surface area (TPSA) is 58.6 Å². The Balaban J connectivity index is 1.40. The lowest BCUT2D eigenvalue weighted by atomic mass is 10.0. The molecule has 0 aliphatic heterocycles. The third-order valence-corrected chi connectivity index (χ3v) is 5.37. The molecule has 0 unspecified atom stereocenters. The van der Waals surface area contributed by atoms with Gasteiger partial charge in [0.25, 0.3) is 0 Å². The van der Waals surface area contributed by atoms with Crippen molar-refractivity contribution in [3.8, 4) is 17.2 Å². The SMILES string of the molecule is Oc1ccc(Cc2ccccc2)cc1C=Nc1cccc(-c2nc3cc(Cl)ccc3o2)c1. The number of aliphatic imine (C=N–C) groups is 1. The van der Waals surface area contributed by atoms with Gasteiger partial charge in [-0.3, -0.25) is 4.99 Å². The maximum atomic E-state index is 10.3. The molecule has 0 saturated heterocycles. The van der Waals surface area contributed by atoms with Crippen LogP contribution in [0.4, 0.5) is 5.69 Å². The highest BCUT2D eigenvalue weighted by atomic mass is 35.5. The zero-order valence-electron chi connectivity index (χ0n) is 17.1. The summed E-state index contributed by atoms with van der Waals surface area (Å²) in [5, 5.41) is 10.9. The van der Waals surface area contributed by atoms with Gasteiger partial charge in [-0.15, -0.1) is 0 Å². The Labute approximate surface area is 190 Å². The Morgan fingerprint density at radius 3 is 2.62 bits per heavy atom. The van der Waals surface area contributed by atoms with Crippen molar-refractivity contribution < 1.29 is 9.52 Å². The van der Waals surface area contributed by atoms with E-state index in [9.17, 15) is 5.11 Å². The first-order chi connectivity index (χ1) is 15.6. The Morgan fingerprint density at radius 1 is 0.875 bits per heavy atom. The fourth-order valence-electron chi connectivity index (χ4n) is 3.54. The molecule has 5 heteroatoms. The summed E-state index contributed by atoms with van der Waals surface area (Å²) < 4.78 is 5.86. The number of oxazole rings is 1. The highest BCUT2D eigenvalue weighted by molar-refractivity contribution is 6.31. The lowest BCUT2D eigenvalue weighted by Gasteiger charge is -2.05. The molecule has 0 fully saturated rings.